The van der Waals surface area contributed by atoms with Crippen LogP contribution < -0.4 is 10.1 Å². The van der Waals surface area contributed by atoms with Gasteiger partial charge in [0.2, 0.25) is 0 Å². The lowest BCUT2D eigenvalue weighted by Crippen LogP contribution is -2.36. The summed E-state index contributed by atoms with van der Waals surface area (Å²) in [7, 11) is 0. The first-order chi connectivity index (χ1) is 10.3. The SMILES string of the molecule is O=C(Nc1nc(C2CC2)cs1)[C@H]1CSc2ccccc2O1. The molecule has 2 aromatic rings. The standard InChI is InChI=1S/C15H14N2O2S2/c18-14(17-15-16-10(7-21-15)9-5-6-9)12-8-20-13-4-2-1-3-11(13)19-12/h1-4,7,9,12H,5-6,8H2,(H,16,17,18)/t12-/m1/s1. The number of thiazole rings is 1. The molecule has 0 bridgehead atoms. The number of hydrogen-bond donors (Lipinski definition) is 1. The molecule has 2 heterocycles. The maximum absolute atomic E-state index is 12.3. The van der Waals surface area contributed by atoms with Gasteiger partial charge < -0.3 is 4.74 Å². The summed E-state index contributed by atoms with van der Waals surface area (Å²) < 4.78 is 5.78. The minimum atomic E-state index is -0.460. The van der Waals surface area contributed by atoms with E-state index in [0.717, 1.165) is 16.3 Å². The average Bonchev–Trinajstić information content (AvgIpc) is 3.27. The molecular weight excluding hydrogens is 304 g/mol. The van der Waals surface area contributed by atoms with Gasteiger partial charge in [-0.1, -0.05) is 12.1 Å². The predicted molar refractivity (Wildman–Crippen MR) is 84.3 cm³/mol. The van der Waals surface area contributed by atoms with Crippen molar-refractivity contribution < 1.29 is 9.53 Å². The highest BCUT2D eigenvalue weighted by atomic mass is 32.2. The number of ether oxygens (including phenoxy) is 1. The fourth-order valence-electron chi connectivity index (χ4n) is 2.24. The van der Waals surface area contributed by atoms with Gasteiger partial charge in [0.05, 0.1) is 5.69 Å². The number of nitrogens with one attached hydrogen (secondary N) is 1. The van der Waals surface area contributed by atoms with Crippen LogP contribution in [0, 0.1) is 0 Å². The molecule has 4 nitrogen and oxygen atoms in total. The highest BCUT2D eigenvalue weighted by molar-refractivity contribution is 7.99. The number of nitrogens with zero attached hydrogens (tertiary/aromatic N) is 1. The summed E-state index contributed by atoms with van der Waals surface area (Å²) >= 11 is 3.14. The number of hydrogen-bond acceptors (Lipinski definition) is 5. The average molecular weight is 318 g/mol. The Morgan fingerprint density at radius 3 is 3.05 bits per heavy atom. The highest BCUT2D eigenvalue weighted by Crippen LogP contribution is 2.41. The summed E-state index contributed by atoms with van der Waals surface area (Å²) in [5.74, 6) is 1.91. The van der Waals surface area contributed by atoms with E-state index in [0.29, 0.717) is 16.8 Å². The Morgan fingerprint density at radius 1 is 1.33 bits per heavy atom. The molecule has 0 radical (unpaired) electrons. The zero-order valence-electron chi connectivity index (χ0n) is 11.2. The van der Waals surface area contributed by atoms with Gasteiger partial charge in [0, 0.05) is 21.9 Å². The molecule has 1 atom stereocenters. The number of rotatable bonds is 3. The van der Waals surface area contributed by atoms with Gasteiger partial charge in [-0.3, -0.25) is 10.1 Å². The van der Waals surface area contributed by atoms with Gasteiger partial charge in [-0.2, -0.15) is 0 Å². The van der Waals surface area contributed by atoms with Crippen LogP contribution in [0.25, 0.3) is 0 Å². The number of carbonyl (C=O) groups excluding carboxylic acids is 1. The minimum Gasteiger partial charge on any atom is -0.479 e. The van der Waals surface area contributed by atoms with Crippen molar-refractivity contribution in [2.45, 2.75) is 29.8 Å². The van der Waals surface area contributed by atoms with Crippen molar-refractivity contribution in [2.24, 2.45) is 0 Å². The molecule has 1 saturated carbocycles. The van der Waals surface area contributed by atoms with E-state index in [9.17, 15) is 4.79 Å². The largest absolute Gasteiger partial charge is 0.479 e. The van der Waals surface area contributed by atoms with Crippen LogP contribution in [0.3, 0.4) is 0 Å². The highest BCUT2D eigenvalue weighted by Gasteiger charge is 2.29. The van der Waals surface area contributed by atoms with E-state index in [2.05, 4.69) is 10.3 Å². The summed E-state index contributed by atoms with van der Waals surface area (Å²) in [5.41, 5.74) is 1.11. The predicted octanol–water partition coefficient (Wildman–Crippen LogP) is 3.51. The van der Waals surface area contributed by atoms with E-state index in [1.165, 1.54) is 24.2 Å². The van der Waals surface area contributed by atoms with Crippen molar-refractivity contribution in [3.05, 3.63) is 35.3 Å². The smallest absolute Gasteiger partial charge is 0.268 e. The zero-order chi connectivity index (χ0) is 14.2. The normalized spacial score (nSPS) is 20.5. The van der Waals surface area contributed by atoms with Crippen LogP contribution >= 0.6 is 23.1 Å². The molecule has 4 rings (SSSR count). The van der Waals surface area contributed by atoms with Crippen LogP contribution in [-0.2, 0) is 4.79 Å². The van der Waals surface area contributed by atoms with E-state index < -0.39 is 6.10 Å². The number of benzene rings is 1. The Labute approximate surface area is 130 Å². The molecule has 1 aliphatic carbocycles. The van der Waals surface area contributed by atoms with Crippen molar-refractivity contribution in [3.8, 4) is 5.75 Å². The molecule has 0 saturated heterocycles. The first-order valence-electron chi connectivity index (χ1n) is 6.94. The number of fused-ring (bicyclic) bond motifs is 1. The first kappa shape index (κ1) is 13.2. The van der Waals surface area contributed by atoms with Gasteiger partial charge in [0.25, 0.3) is 5.91 Å². The van der Waals surface area contributed by atoms with Crippen LogP contribution in [0.5, 0.6) is 5.75 Å². The second-order valence-corrected chi connectivity index (χ2v) is 7.13. The maximum atomic E-state index is 12.3. The van der Waals surface area contributed by atoms with Crippen molar-refractivity contribution in [2.75, 3.05) is 11.1 Å². The number of para-hydroxylation sites is 1. The van der Waals surface area contributed by atoms with Crippen LogP contribution in [0.4, 0.5) is 5.13 Å². The van der Waals surface area contributed by atoms with E-state index in [-0.39, 0.29) is 5.91 Å². The Kier molecular flexibility index (Phi) is 3.35. The van der Waals surface area contributed by atoms with Crippen LogP contribution in [0.15, 0.2) is 34.5 Å². The molecule has 1 fully saturated rings. The number of carbonyl (C=O) groups is 1. The molecule has 108 valence electrons. The second kappa shape index (κ2) is 5.35. The fraction of sp³-hybridized carbons (Fsp3) is 0.333. The van der Waals surface area contributed by atoms with Crippen LogP contribution in [0.1, 0.15) is 24.5 Å². The number of amides is 1. The van der Waals surface area contributed by atoms with Gasteiger partial charge in [-0.05, 0) is 25.0 Å². The van der Waals surface area contributed by atoms with Gasteiger partial charge in [0.1, 0.15) is 5.75 Å². The molecule has 1 N–H and O–H groups in total. The Hall–Kier alpha value is -1.53. The lowest BCUT2D eigenvalue weighted by atomic mass is 10.3. The van der Waals surface area contributed by atoms with Gasteiger partial charge >= 0.3 is 0 Å². The van der Waals surface area contributed by atoms with Crippen molar-refractivity contribution in [1.29, 1.82) is 0 Å². The van der Waals surface area contributed by atoms with Crippen molar-refractivity contribution >= 4 is 34.1 Å². The lowest BCUT2D eigenvalue weighted by molar-refractivity contribution is -0.122. The summed E-state index contributed by atoms with van der Waals surface area (Å²) in [6.07, 6.45) is 1.98. The molecule has 1 amide bonds. The molecule has 0 unspecified atom stereocenters. The number of anilines is 1. The Morgan fingerprint density at radius 2 is 2.19 bits per heavy atom. The van der Waals surface area contributed by atoms with Crippen molar-refractivity contribution in [1.82, 2.24) is 4.98 Å². The van der Waals surface area contributed by atoms with Crippen LogP contribution in [0.2, 0.25) is 0 Å². The number of aromatic nitrogens is 1. The fourth-order valence-corrected chi connectivity index (χ4v) is 4.02. The molecule has 1 aromatic carbocycles. The van der Waals surface area contributed by atoms with Gasteiger partial charge in [-0.25, -0.2) is 4.98 Å². The molecule has 0 spiro atoms. The summed E-state index contributed by atoms with van der Waals surface area (Å²) in [4.78, 5) is 17.9. The third kappa shape index (κ3) is 2.78. The molecule has 1 aromatic heterocycles. The quantitative estimate of drug-likeness (QED) is 0.941. The topological polar surface area (TPSA) is 51.2 Å². The van der Waals surface area contributed by atoms with E-state index in [1.807, 2.05) is 29.6 Å². The summed E-state index contributed by atoms with van der Waals surface area (Å²) in [5, 5.41) is 5.59. The molecule has 6 heteroatoms. The molecular formula is C15H14N2O2S2. The van der Waals surface area contributed by atoms with Gasteiger partial charge in [0.15, 0.2) is 11.2 Å². The monoisotopic (exact) mass is 318 g/mol. The lowest BCUT2D eigenvalue weighted by Gasteiger charge is -2.24. The van der Waals surface area contributed by atoms with E-state index in [4.69, 9.17) is 4.74 Å². The third-order valence-corrected chi connectivity index (χ3v) is 5.44. The van der Waals surface area contributed by atoms with E-state index in [1.54, 1.807) is 11.8 Å². The Balaban J connectivity index is 1.43. The first-order valence-corrected chi connectivity index (χ1v) is 8.81. The molecule has 21 heavy (non-hydrogen) atoms. The third-order valence-electron chi connectivity index (χ3n) is 3.55. The van der Waals surface area contributed by atoms with E-state index >= 15 is 0 Å². The maximum Gasteiger partial charge on any atom is 0.268 e. The van der Waals surface area contributed by atoms with Crippen molar-refractivity contribution in [3.63, 3.8) is 0 Å². The molecule has 1 aliphatic heterocycles. The number of thioether (sulfide) groups is 1. The summed E-state index contributed by atoms with van der Waals surface area (Å²) in [6.45, 7) is 0. The van der Waals surface area contributed by atoms with Gasteiger partial charge in [-0.15, -0.1) is 23.1 Å². The molecule has 2 aliphatic rings. The summed E-state index contributed by atoms with van der Waals surface area (Å²) in [6, 6.07) is 7.81. The zero-order valence-corrected chi connectivity index (χ0v) is 12.9. The second-order valence-electron chi connectivity index (χ2n) is 5.21. The minimum absolute atomic E-state index is 0.117. The van der Waals surface area contributed by atoms with Crippen LogP contribution in [-0.4, -0.2) is 22.7 Å². The Bertz CT molecular complexity index is 682.